The van der Waals surface area contributed by atoms with Crippen LogP contribution in [0.5, 0.6) is 5.75 Å². The van der Waals surface area contributed by atoms with Gasteiger partial charge in [0.1, 0.15) is 24.0 Å². The first-order valence-corrected chi connectivity index (χ1v) is 12.3. The lowest BCUT2D eigenvalue weighted by Gasteiger charge is -2.12. The van der Waals surface area contributed by atoms with Crippen molar-refractivity contribution < 1.29 is 24.0 Å². The minimum Gasteiger partial charge on any atom is -0.487 e. The normalized spacial score (nSPS) is 10.8. The molecular formula is C25H17I2N3O6. The molecule has 1 amide bonds. The Morgan fingerprint density at radius 3 is 2.22 bits per heavy atom. The lowest BCUT2D eigenvalue weighted by atomic mass is 10.1. The third kappa shape index (κ3) is 7.01. The molecule has 3 aromatic carbocycles. The zero-order chi connectivity index (χ0) is 26.2. The molecule has 0 aliphatic rings. The van der Waals surface area contributed by atoms with Crippen molar-refractivity contribution in [1.29, 1.82) is 5.26 Å². The average Bonchev–Trinajstić information content (AvgIpc) is 2.87. The number of nitro groups is 1. The minimum atomic E-state index is -0.591. The Labute approximate surface area is 233 Å². The van der Waals surface area contributed by atoms with Crippen molar-refractivity contribution in [1.82, 2.24) is 0 Å². The molecule has 0 spiro atoms. The molecule has 182 valence electrons. The molecule has 9 nitrogen and oxygen atoms in total. The lowest BCUT2D eigenvalue weighted by molar-refractivity contribution is -0.384. The Hall–Kier alpha value is -3.51. The molecule has 0 aliphatic heterocycles. The highest BCUT2D eigenvalue weighted by Gasteiger charge is 2.14. The third-order valence-electron chi connectivity index (χ3n) is 4.79. The van der Waals surface area contributed by atoms with Crippen LogP contribution in [0.25, 0.3) is 6.08 Å². The standard InChI is InChI=1S/C25H17I2N3O6/c1-35-25(32)17-4-6-19(7-5-17)29-24(31)18(13-28)10-16-11-21(26)23(22(27)12-16)36-14-15-2-8-20(9-3-15)30(33)34/h2-12H,14H2,1H3,(H,29,31)/b18-10+. The second-order valence-corrected chi connectivity index (χ2v) is 9.54. The topological polar surface area (TPSA) is 132 Å². The molecule has 0 heterocycles. The number of rotatable bonds is 8. The summed E-state index contributed by atoms with van der Waals surface area (Å²) in [6.45, 7) is 0.222. The van der Waals surface area contributed by atoms with Crippen LogP contribution in [0.2, 0.25) is 0 Å². The molecule has 0 saturated carbocycles. The molecule has 3 aromatic rings. The molecule has 0 radical (unpaired) electrons. The monoisotopic (exact) mass is 709 g/mol. The summed E-state index contributed by atoms with van der Waals surface area (Å²) >= 11 is 4.21. The number of esters is 1. The number of ether oxygens (including phenoxy) is 2. The number of methoxy groups -OCH3 is 1. The number of amides is 1. The Kier molecular flexibility index (Phi) is 9.37. The first-order chi connectivity index (χ1) is 17.2. The summed E-state index contributed by atoms with van der Waals surface area (Å²) in [7, 11) is 1.28. The van der Waals surface area contributed by atoms with Gasteiger partial charge in [-0.2, -0.15) is 5.26 Å². The van der Waals surface area contributed by atoms with Crippen molar-refractivity contribution in [3.8, 4) is 11.8 Å². The molecule has 0 bridgehead atoms. The summed E-state index contributed by atoms with van der Waals surface area (Å²) < 4.78 is 12.1. The number of non-ortho nitro benzene ring substituents is 1. The maximum absolute atomic E-state index is 12.6. The van der Waals surface area contributed by atoms with Crippen LogP contribution in [0.1, 0.15) is 21.5 Å². The fourth-order valence-corrected chi connectivity index (χ4v) is 5.12. The predicted octanol–water partition coefficient (Wildman–Crippen LogP) is 5.72. The van der Waals surface area contributed by atoms with Crippen LogP contribution in [0.3, 0.4) is 0 Å². The first-order valence-electron chi connectivity index (χ1n) is 10.2. The van der Waals surface area contributed by atoms with Gasteiger partial charge in [0.2, 0.25) is 0 Å². The van der Waals surface area contributed by atoms with Crippen LogP contribution >= 0.6 is 45.2 Å². The van der Waals surface area contributed by atoms with Crippen LogP contribution in [0, 0.1) is 28.6 Å². The molecule has 0 aromatic heterocycles. The number of halogens is 2. The highest BCUT2D eigenvalue weighted by molar-refractivity contribution is 14.1. The van der Waals surface area contributed by atoms with Gasteiger partial charge in [0.15, 0.2) is 0 Å². The van der Waals surface area contributed by atoms with E-state index in [-0.39, 0.29) is 17.9 Å². The van der Waals surface area contributed by atoms with E-state index in [1.807, 2.05) is 6.07 Å². The van der Waals surface area contributed by atoms with Gasteiger partial charge >= 0.3 is 5.97 Å². The first kappa shape index (κ1) is 27.1. The van der Waals surface area contributed by atoms with Gasteiger partial charge in [-0.25, -0.2) is 4.79 Å². The molecule has 11 heteroatoms. The fourth-order valence-electron chi connectivity index (χ4n) is 2.99. The van der Waals surface area contributed by atoms with Gasteiger partial charge in [-0.3, -0.25) is 14.9 Å². The second kappa shape index (κ2) is 12.5. The van der Waals surface area contributed by atoms with Crippen molar-refractivity contribution in [2.45, 2.75) is 6.61 Å². The van der Waals surface area contributed by atoms with Crippen molar-refractivity contribution in [3.05, 3.63) is 100 Å². The van der Waals surface area contributed by atoms with Crippen molar-refractivity contribution in [2.75, 3.05) is 12.4 Å². The summed E-state index contributed by atoms with van der Waals surface area (Å²) in [5.41, 5.74) is 2.09. The number of carbonyl (C=O) groups excluding carboxylic acids is 2. The van der Waals surface area contributed by atoms with Gasteiger partial charge in [0.25, 0.3) is 11.6 Å². The fraction of sp³-hybridized carbons (Fsp3) is 0.0800. The van der Waals surface area contributed by atoms with E-state index >= 15 is 0 Å². The second-order valence-electron chi connectivity index (χ2n) is 7.22. The van der Waals surface area contributed by atoms with Crippen LogP contribution in [0.15, 0.2) is 66.2 Å². The summed E-state index contributed by atoms with van der Waals surface area (Å²) in [4.78, 5) is 34.5. The minimum absolute atomic E-state index is 0.00888. The maximum Gasteiger partial charge on any atom is 0.337 e. The van der Waals surface area contributed by atoms with Crippen molar-refractivity contribution in [3.63, 3.8) is 0 Å². The van der Waals surface area contributed by atoms with Crippen LogP contribution in [-0.2, 0) is 16.1 Å². The van der Waals surface area contributed by atoms with Crippen LogP contribution in [0.4, 0.5) is 11.4 Å². The molecule has 0 fully saturated rings. The van der Waals surface area contributed by atoms with E-state index in [9.17, 15) is 25.0 Å². The maximum atomic E-state index is 12.6. The smallest absolute Gasteiger partial charge is 0.337 e. The number of nitrogens with zero attached hydrogens (tertiary/aromatic N) is 2. The van der Waals surface area contributed by atoms with Gasteiger partial charge in [-0.15, -0.1) is 0 Å². The SMILES string of the molecule is COC(=O)c1ccc(NC(=O)/C(C#N)=C/c2cc(I)c(OCc3ccc([N+](=O)[O-])cc3)c(I)c2)cc1. The Morgan fingerprint density at radius 2 is 1.69 bits per heavy atom. The summed E-state index contributed by atoms with van der Waals surface area (Å²) in [6, 6.07) is 17.7. The largest absolute Gasteiger partial charge is 0.487 e. The zero-order valence-corrected chi connectivity index (χ0v) is 23.0. The number of benzene rings is 3. The van der Waals surface area contributed by atoms with E-state index in [0.29, 0.717) is 22.6 Å². The van der Waals surface area contributed by atoms with Gasteiger partial charge < -0.3 is 14.8 Å². The Bertz CT molecular complexity index is 1360. The molecule has 36 heavy (non-hydrogen) atoms. The van der Waals surface area contributed by atoms with Crippen molar-refractivity contribution in [2.24, 2.45) is 0 Å². The zero-order valence-electron chi connectivity index (χ0n) is 18.7. The summed E-state index contributed by atoms with van der Waals surface area (Å²) in [6.07, 6.45) is 1.47. The number of carbonyl (C=O) groups is 2. The number of anilines is 1. The molecule has 0 unspecified atom stereocenters. The van der Waals surface area contributed by atoms with E-state index in [1.165, 1.54) is 37.5 Å². The number of hydrogen-bond acceptors (Lipinski definition) is 7. The van der Waals surface area contributed by atoms with E-state index in [0.717, 1.165) is 12.7 Å². The Balaban J connectivity index is 1.72. The third-order valence-corrected chi connectivity index (χ3v) is 6.39. The highest BCUT2D eigenvalue weighted by Crippen LogP contribution is 2.31. The van der Waals surface area contributed by atoms with Crippen LogP contribution < -0.4 is 10.1 Å². The summed E-state index contributed by atoms with van der Waals surface area (Å²) in [5, 5.41) is 23.0. The Morgan fingerprint density at radius 1 is 1.08 bits per heavy atom. The number of hydrogen-bond donors (Lipinski definition) is 1. The summed E-state index contributed by atoms with van der Waals surface area (Å²) in [5.74, 6) is -0.456. The molecule has 1 N–H and O–H groups in total. The molecule has 0 saturated heterocycles. The van der Waals surface area contributed by atoms with E-state index in [2.05, 4.69) is 55.2 Å². The molecule has 0 atom stereocenters. The van der Waals surface area contributed by atoms with Gasteiger partial charge in [0, 0.05) is 17.8 Å². The molecule has 3 rings (SSSR count). The predicted molar refractivity (Wildman–Crippen MR) is 149 cm³/mol. The molecule has 0 aliphatic carbocycles. The van der Waals surface area contributed by atoms with Crippen LogP contribution in [-0.4, -0.2) is 23.9 Å². The van der Waals surface area contributed by atoms with E-state index in [1.54, 1.807) is 36.4 Å². The van der Waals surface area contributed by atoms with Gasteiger partial charge in [-0.05, 0) is 111 Å². The number of nitrogens with one attached hydrogen (secondary N) is 1. The van der Waals surface area contributed by atoms with E-state index < -0.39 is 16.8 Å². The van der Waals surface area contributed by atoms with Gasteiger partial charge in [-0.1, -0.05) is 0 Å². The van der Waals surface area contributed by atoms with E-state index in [4.69, 9.17) is 4.74 Å². The lowest BCUT2D eigenvalue weighted by Crippen LogP contribution is -2.13. The van der Waals surface area contributed by atoms with Gasteiger partial charge in [0.05, 0.1) is 24.7 Å². The quantitative estimate of drug-likeness (QED) is 0.0792. The highest BCUT2D eigenvalue weighted by atomic mass is 127. The average molecular weight is 709 g/mol. The number of nitriles is 1. The van der Waals surface area contributed by atoms with Crippen molar-refractivity contribution >= 4 is 74.5 Å². The molecular weight excluding hydrogens is 692 g/mol. The number of nitro benzene ring substituents is 1.